The maximum absolute atomic E-state index is 12.7. The molecule has 0 fully saturated rings. The quantitative estimate of drug-likeness (QED) is 0.0222. The first-order valence-corrected chi connectivity index (χ1v) is 24.7. The van der Waals surface area contributed by atoms with Crippen LogP contribution in [-0.4, -0.2) is 88.1 Å². The fourth-order valence-corrected chi connectivity index (χ4v) is 7.79. The molecule has 0 rings (SSSR count). The van der Waals surface area contributed by atoms with Gasteiger partial charge in [-0.2, -0.15) is 0 Å². The van der Waals surface area contributed by atoms with Crippen LogP contribution in [0, 0.1) is 0 Å². The third kappa shape index (κ3) is 36.5. The molecule has 13 heteroatoms. The van der Waals surface area contributed by atoms with E-state index in [2.05, 4.69) is 13.8 Å². The number of rotatable bonds is 44. The number of phosphoric ester groups is 1. The summed E-state index contributed by atoms with van der Waals surface area (Å²) in [4.78, 5) is 35.5. The Hall–Kier alpha value is -1.11. The number of aliphatic hydroxyl groups is 4. The summed E-state index contributed by atoms with van der Waals surface area (Å²) in [6.45, 7) is 1.60. The summed E-state index contributed by atoms with van der Waals surface area (Å²) >= 11 is 0. The fraction of sp³-hybridized carbons (Fsp3) is 0.955. The minimum absolute atomic E-state index is 0.132. The van der Waals surface area contributed by atoms with Crippen molar-refractivity contribution in [2.45, 2.75) is 244 Å². The van der Waals surface area contributed by atoms with Crippen LogP contribution < -0.4 is 0 Å². The van der Waals surface area contributed by atoms with E-state index in [9.17, 15) is 34.4 Å². The van der Waals surface area contributed by atoms with Crippen LogP contribution in [0.25, 0.3) is 0 Å². The first-order valence-electron chi connectivity index (χ1n) is 23.2. The number of esters is 2. The smallest absolute Gasteiger partial charge is 0.462 e. The molecule has 0 aromatic rings. The second kappa shape index (κ2) is 40.3. The number of carbonyl (C=O) groups is 2. The van der Waals surface area contributed by atoms with Gasteiger partial charge < -0.3 is 34.8 Å². The van der Waals surface area contributed by atoms with Gasteiger partial charge in [0.2, 0.25) is 0 Å². The lowest BCUT2D eigenvalue weighted by Gasteiger charge is -2.26. The molecular formula is C44H87O12P. The molecule has 0 aliphatic rings. The zero-order valence-corrected chi connectivity index (χ0v) is 37.2. The maximum Gasteiger partial charge on any atom is 0.472 e. The predicted molar refractivity (Wildman–Crippen MR) is 227 cm³/mol. The summed E-state index contributed by atoms with van der Waals surface area (Å²) in [6, 6.07) is 0. The molecule has 0 saturated carbocycles. The molecule has 0 heterocycles. The highest BCUT2D eigenvalue weighted by molar-refractivity contribution is 7.47. The molecular weight excluding hydrogens is 751 g/mol. The molecule has 340 valence electrons. The Morgan fingerprint density at radius 2 is 0.860 bits per heavy atom. The van der Waals surface area contributed by atoms with E-state index in [0.717, 1.165) is 38.5 Å². The lowest BCUT2D eigenvalue weighted by Crippen LogP contribution is -2.42. The number of carbonyl (C=O) groups excluding carboxylic acids is 2. The second-order valence-electron chi connectivity index (χ2n) is 16.0. The highest BCUT2D eigenvalue weighted by Crippen LogP contribution is 2.45. The average molecular weight is 839 g/mol. The van der Waals surface area contributed by atoms with Crippen LogP contribution in [-0.2, 0) is 32.7 Å². The molecule has 1 unspecified atom stereocenters. The normalized spacial score (nSPS) is 14.9. The summed E-state index contributed by atoms with van der Waals surface area (Å²) in [5.74, 6) is -1.03. The van der Waals surface area contributed by atoms with Gasteiger partial charge in [-0.3, -0.25) is 18.6 Å². The lowest BCUT2D eigenvalue weighted by molar-refractivity contribution is -0.161. The van der Waals surface area contributed by atoms with Crippen LogP contribution in [0.1, 0.15) is 219 Å². The standard InChI is InChI=1S/C44H87O12P/c1-3-5-7-9-11-13-15-17-19-21-23-25-27-29-31-33-42(48)53-37-39(38-54-57(51,52)56-41(36-46)44(50)40(47)35-45)55-43(49)34-32-30-28-26-24-22-20-18-16-14-12-10-8-6-4-2/h39-41,44-47,50H,3-38H2,1-2H3,(H,51,52)/t39-,40-,41-,44+/m1/s1. The Morgan fingerprint density at radius 1 is 0.509 bits per heavy atom. The van der Waals surface area contributed by atoms with Crippen molar-refractivity contribution in [1.29, 1.82) is 0 Å². The van der Waals surface area contributed by atoms with Crippen molar-refractivity contribution >= 4 is 19.8 Å². The largest absolute Gasteiger partial charge is 0.472 e. The Morgan fingerprint density at radius 3 is 1.21 bits per heavy atom. The van der Waals surface area contributed by atoms with Gasteiger partial charge in [0.1, 0.15) is 24.9 Å². The first-order chi connectivity index (χ1) is 27.6. The van der Waals surface area contributed by atoms with E-state index in [1.54, 1.807) is 0 Å². The van der Waals surface area contributed by atoms with E-state index in [4.69, 9.17) is 23.6 Å². The minimum Gasteiger partial charge on any atom is -0.462 e. The molecule has 5 N–H and O–H groups in total. The monoisotopic (exact) mass is 839 g/mol. The van der Waals surface area contributed by atoms with Crippen molar-refractivity contribution < 1.29 is 58.0 Å². The van der Waals surface area contributed by atoms with Gasteiger partial charge >= 0.3 is 19.8 Å². The van der Waals surface area contributed by atoms with Crippen molar-refractivity contribution in [3.05, 3.63) is 0 Å². The molecule has 0 amide bonds. The Balaban J connectivity index is 4.54. The Labute approximate surface area is 347 Å². The number of ether oxygens (including phenoxy) is 2. The summed E-state index contributed by atoms with van der Waals surface area (Å²) in [5, 5.41) is 38.2. The van der Waals surface area contributed by atoms with Gasteiger partial charge in [-0.1, -0.05) is 194 Å². The topological polar surface area (TPSA) is 189 Å². The van der Waals surface area contributed by atoms with Crippen molar-refractivity contribution in [2.24, 2.45) is 0 Å². The van der Waals surface area contributed by atoms with Crippen molar-refractivity contribution in [3.63, 3.8) is 0 Å². The fourth-order valence-electron chi connectivity index (χ4n) is 6.84. The SMILES string of the molecule is CCCCCCCCCCCCCCCCCC(=O)OC[C@H](COP(=O)(O)O[C@H](CO)[C@@H](O)[C@H](O)CO)OC(=O)CCCCCCCCCCCCCCCCC. The van der Waals surface area contributed by atoms with E-state index < -0.39 is 70.6 Å². The predicted octanol–water partition coefficient (Wildman–Crippen LogP) is 10.2. The lowest BCUT2D eigenvalue weighted by atomic mass is 10.0. The second-order valence-corrected chi connectivity index (χ2v) is 17.4. The molecule has 0 saturated heterocycles. The molecule has 0 bridgehead atoms. The molecule has 0 aromatic heterocycles. The van der Waals surface area contributed by atoms with E-state index >= 15 is 0 Å². The van der Waals surface area contributed by atoms with Gasteiger partial charge in [0.25, 0.3) is 0 Å². The van der Waals surface area contributed by atoms with Crippen LogP contribution in [0.2, 0.25) is 0 Å². The van der Waals surface area contributed by atoms with Crippen LogP contribution in [0.3, 0.4) is 0 Å². The molecule has 0 radical (unpaired) electrons. The number of hydrogen-bond donors (Lipinski definition) is 5. The van der Waals surface area contributed by atoms with Crippen molar-refractivity contribution in [1.82, 2.24) is 0 Å². The Kier molecular flexibility index (Phi) is 39.5. The number of hydrogen-bond acceptors (Lipinski definition) is 11. The molecule has 0 aromatic carbocycles. The van der Waals surface area contributed by atoms with Crippen molar-refractivity contribution in [3.8, 4) is 0 Å². The Bertz CT molecular complexity index is 954. The van der Waals surface area contributed by atoms with E-state index in [0.29, 0.717) is 12.8 Å². The zero-order chi connectivity index (χ0) is 42.2. The van der Waals surface area contributed by atoms with Gasteiger partial charge in [-0.25, -0.2) is 4.57 Å². The number of aliphatic hydroxyl groups excluding tert-OH is 4. The number of unbranched alkanes of at least 4 members (excludes halogenated alkanes) is 28. The van der Waals surface area contributed by atoms with E-state index in [1.807, 2.05) is 0 Å². The summed E-state index contributed by atoms with van der Waals surface area (Å²) < 4.78 is 33.3. The van der Waals surface area contributed by atoms with Crippen molar-refractivity contribution in [2.75, 3.05) is 26.4 Å². The third-order valence-electron chi connectivity index (χ3n) is 10.5. The van der Waals surface area contributed by atoms with Crippen LogP contribution in [0.4, 0.5) is 0 Å². The minimum atomic E-state index is -4.96. The maximum atomic E-state index is 12.7. The van der Waals surface area contributed by atoms with Gasteiger partial charge in [-0.05, 0) is 12.8 Å². The van der Waals surface area contributed by atoms with E-state index in [-0.39, 0.29) is 12.8 Å². The molecule has 0 spiro atoms. The molecule has 5 atom stereocenters. The highest BCUT2D eigenvalue weighted by atomic mass is 31.2. The zero-order valence-electron chi connectivity index (χ0n) is 36.3. The molecule has 0 aliphatic carbocycles. The van der Waals surface area contributed by atoms with Gasteiger partial charge in [0.05, 0.1) is 19.8 Å². The molecule has 12 nitrogen and oxygen atoms in total. The summed E-state index contributed by atoms with van der Waals surface area (Å²) in [7, 11) is -4.96. The van der Waals surface area contributed by atoms with Crippen LogP contribution in [0.15, 0.2) is 0 Å². The van der Waals surface area contributed by atoms with E-state index in [1.165, 1.54) is 141 Å². The summed E-state index contributed by atoms with van der Waals surface area (Å²) in [6.07, 6.45) is 29.9. The average Bonchev–Trinajstić information content (AvgIpc) is 3.20. The highest BCUT2D eigenvalue weighted by Gasteiger charge is 2.35. The first kappa shape index (κ1) is 55.9. The van der Waals surface area contributed by atoms with Crippen LogP contribution >= 0.6 is 7.82 Å². The number of phosphoric acid groups is 1. The molecule has 0 aliphatic heterocycles. The van der Waals surface area contributed by atoms with Crippen LogP contribution in [0.5, 0.6) is 0 Å². The van der Waals surface area contributed by atoms with Gasteiger partial charge in [0, 0.05) is 12.8 Å². The van der Waals surface area contributed by atoms with Gasteiger partial charge in [0.15, 0.2) is 6.10 Å². The van der Waals surface area contributed by atoms with Gasteiger partial charge in [-0.15, -0.1) is 0 Å². The summed E-state index contributed by atoms with van der Waals surface area (Å²) in [5.41, 5.74) is 0. The molecule has 57 heavy (non-hydrogen) atoms. The third-order valence-corrected chi connectivity index (χ3v) is 11.5.